The van der Waals surface area contributed by atoms with E-state index in [0.29, 0.717) is 18.7 Å². The Morgan fingerprint density at radius 3 is 2.50 bits per heavy atom. The van der Waals surface area contributed by atoms with Gasteiger partial charge < -0.3 is 14.2 Å². The van der Waals surface area contributed by atoms with Crippen LogP contribution in [0.15, 0.2) is 36.4 Å². The van der Waals surface area contributed by atoms with Crippen LogP contribution in [0, 0.1) is 11.7 Å². The van der Waals surface area contributed by atoms with Crippen LogP contribution in [0.5, 0.6) is 17.2 Å². The van der Waals surface area contributed by atoms with E-state index in [2.05, 4.69) is 4.90 Å². The second kappa shape index (κ2) is 9.06. The molecule has 5 nitrogen and oxygen atoms in total. The number of hydrogen-bond acceptors (Lipinski definition) is 5. The molecule has 1 atom stereocenters. The maximum atomic E-state index is 14.0. The van der Waals surface area contributed by atoms with Gasteiger partial charge in [0.2, 0.25) is 0 Å². The first-order valence-electron chi connectivity index (χ1n) is 9.36. The van der Waals surface area contributed by atoms with Crippen molar-refractivity contribution in [2.45, 2.75) is 19.4 Å². The molecular formula is C22H26FNO4. The van der Waals surface area contributed by atoms with E-state index in [1.807, 2.05) is 18.2 Å². The number of carbonyl (C=O) groups excluding carboxylic acids is 1. The van der Waals surface area contributed by atoms with Crippen molar-refractivity contribution in [1.29, 1.82) is 0 Å². The summed E-state index contributed by atoms with van der Waals surface area (Å²) >= 11 is 0. The fraction of sp³-hybridized carbons (Fsp3) is 0.409. The second-order valence-electron chi connectivity index (χ2n) is 6.97. The molecule has 6 heteroatoms. The molecule has 1 heterocycles. The van der Waals surface area contributed by atoms with E-state index >= 15 is 0 Å². The third kappa shape index (κ3) is 4.44. The lowest BCUT2D eigenvalue weighted by atomic mass is 9.89. The molecule has 0 bridgehead atoms. The summed E-state index contributed by atoms with van der Waals surface area (Å²) in [6.07, 6.45) is 1.72. The zero-order valence-corrected chi connectivity index (χ0v) is 16.5. The lowest BCUT2D eigenvalue weighted by molar-refractivity contribution is 0.0810. The van der Waals surface area contributed by atoms with Gasteiger partial charge in [-0.1, -0.05) is 0 Å². The van der Waals surface area contributed by atoms with Crippen LogP contribution in [0.1, 0.15) is 28.8 Å². The number of rotatable bonds is 7. The van der Waals surface area contributed by atoms with E-state index in [4.69, 9.17) is 14.2 Å². The summed E-state index contributed by atoms with van der Waals surface area (Å²) < 4.78 is 29.7. The highest BCUT2D eigenvalue weighted by molar-refractivity contribution is 5.98. The van der Waals surface area contributed by atoms with Gasteiger partial charge in [-0.2, -0.15) is 0 Å². The molecule has 0 N–H and O–H groups in total. The van der Waals surface area contributed by atoms with Crippen LogP contribution in [0.25, 0.3) is 0 Å². The lowest BCUT2D eigenvalue weighted by Crippen LogP contribution is -2.38. The number of benzene rings is 2. The monoisotopic (exact) mass is 387 g/mol. The summed E-state index contributed by atoms with van der Waals surface area (Å²) in [7, 11) is 4.69. The number of piperidine rings is 1. The number of carbonyl (C=O) groups is 1. The van der Waals surface area contributed by atoms with E-state index in [1.165, 1.54) is 19.2 Å². The fourth-order valence-electron chi connectivity index (χ4n) is 3.71. The summed E-state index contributed by atoms with van der Waals surface area (Å²) in [5.74, 6) is 1.02. The average Bonchev–Trinajstić information content (AvgIpc) is 2.73. The van der Waals surface area contributed by atoms with Gasteiger partial charge >= 0.3 is 0 Å². The first-order chi connectivity index (χ1) is 13.5. The maximum absolute atomic E-state index is 14.0. The summed E-state index contributed by atoms with van der Waals surface area (Å²) in [5.41, 5.74) is 1.41. The highest BCUT2D eigenvalue weighted by Crippen LogP contribution is 2.29. The molecule has 2 aromatic rings. The Morgan fingerprint density at radius 2 is 1.82 bits per heavy atom. The third-order valence-electron chi connectivity index (χ3n) is 5.19. The molecule has 1 fully saturated rings. The third-order valence-corrected chi connectivity index (χ3v) is 5.19. The largest absolute Gasteiger partial charge is 0.497 e. The molecule has 0 spiro atoms. The van der Waals surface area contributed by atoms with Gasteiger partial charge in [0.05, 0.1) is 21.3 Å². The quantitative estimate of drug-likeness (QED) is 0.674. The van der Waals surface area contributed by atoms with Crippen molar-refractivity contribution < 1.29 is 23.4 Å². The Bertz CT molecular complexity index is 839. The van der Waals surface area contributed by atoms with Crippen LogP contribution in [-0.4, -0.2) is 45.1 Å². The molecule has 1 aliphatic heterocycles. The molecule has 150 valence electrons. The summed E-state index contributed by atoms with van der Waals surface area (Å²) in [6, 6.07) is 10.1. The molecule has 3 rings (SSSR count). The summed E-state index contributed by atoms with van der Waals surface area (Å²) in [5, 5.41) is 0. The van der Waals surface area contributed by atoms with Crippen molar-refractivity contribution in [2.24, 2.45) is 5.92 Å². The highest BCUT2D eigenvalue weighted by atomic mass is 19.1. The minimum atomic E-state index is -0.512. The van der Waals surface area contributed by atoms with Crippen molar-refractivity contribution in [3.63, 3.8) is 0 Å². The molecule has 1 aliphatic rings. The molecule has 0 aliphatic carbocycles. The van der Waals surface area contributed by atoms with Crippen molar-refractivity contribution in [2.75, 3.05) is 34.4 Å². The van der Waals surface area contributed by atoms with Crippen LogP contribution >= 0.6 is 0 Å². The smallest absolute Gasteiger partial charge is 0.167 e. The van der Waals surface area contributed by atoms with Crippen LogP contribution in [0.2, 0.25) is 0 Å². The van der Waals surface area contributed by atoms with Gasteiger partial charge in [0.1, 0.15) is 11.5 Å². The lowest BCUT2D eigenvalue weighted by Gasteiger charge is -2.32. The number of ketones is 1. The van der Waals surface area contributed by atoms with Crippen molar-refractivity contribution in [1.82, 2.24) is 4.90 Å². The van der Waals surface area contributed by atoms with Gasteiger partial charge in [-0.25, -0.2) is 4.39 Å². The number of likely N-dealkylation sites (tertiary alicyclic amines) is 1. The van der Waals surface area contributed by atoms with Gasteiger partial charge in [-0.3, -0.25) is 9.69 Å². The minimum Gasteiger partial charge on any atom is -0.497 e. The predicted molar refractivity (Wildman–Crippen MR) is 105 cm³/mol. The Morgan fingerprint density at radius 1 is 1.07 bits per heavy atom. The number of Topliss-reactive ketones (excluding diaryl/α,β-unsaturated/α-hetero) is 1. The zero-order valence-electron chi connectivity index (χ0n) is 16.5. The molecule has 1 saturated heterocycles. The maximum Gasteiger partial charge on any atom is 0.167 e. The Labute approximate surface area is 165 Å². The van der Waals surface area contributed by atoms with Crippen LogP contribution in [0.3, 0.4) is 0 Å². The molecule has 0 radical (unpaired) electrons. The topological polar surface area (TPSA) is 48.0 Å². The molecule has 0 aromatic heterocycles. The van der Waals surface area contributed by atoms with E-state index < -0.39 is 5.82 Å². The second-order valence-corrected chi connectivity index (χ2v) is 6.97. The molecule has 1 unspecified atom stereocenters. The molecule has 0 amide bonds. The first-order valence-corrected chi connectivity index (χ1v) is 9.36. The van der Waals surface area contributed by atoms with Crippen molar-refractivity contribution >= 4 is 5.78 Å². The van der Waals surface area contributed by atoms with Crippen LogP contribution in [-0.2, 0) is 6.54 Å². The van der Waals surface area contributed by atoms with E-state index in [0.717, 1.165) is 36.4 Å². The molecule has 28 heavy (non-hydrogen) atoms. The Balaban J connectivity index is 1.72. The standard InChI is InChI=1S/C22H26FNO4/c1-26-18-7-9-20(27-2)17(11-18)14-24-10-4-5-16(13-24)22(25)15-6-8-21(28-3)19(23)12-15/h6-9,11-12,16H,4-5,10,13-14H2,1-3H3. The number of ether oxygens (including phenoxy) is 3. The first kappa shape index (κ1) is 20.1. The van der Waals surface area contributed by atoms with E-state index in [-0.39, 0.29) is 17.5 Å². The van der Waals surface area contributed by atoms with Gasteiger partial charge in [-0.05, 0) is 55.8 Å². The number of halogens is 1. The van der Waals surface area contributed by atoms with E-state index in [9.17, 15) is 9.18 Å². The molecule has 0 saturated carbocycles. The van der Waals surface area contributed by atoms with E-state index in [1.54, 1.807) is 20.3 Å². The average molecular weight is 387 g/mol. The van der Waals surface area contributed by atoms with Gasteiger partial charge in [-0.15, -0.1) is 0 Å². The number of nitrogens with zero attached hydrogens (tertiary/aromatic N) is 1. The molecule has 2 aromatic carbocycles. The zero-order chi connectivity index (χ0) is 20.1. The normalized spacial score (nSPS) is 17.2. The highest BCUT2D eigenvalue weighted by Gasteiger charge is 2.27. The Kier molecular flexibility index (Phi) is 6.52. The Hall–Kier alpha value is -2.60. The SMILES string of the molecule is COc1ccc(OC)c(CN2CCCC(C(=O)c3ccc(OC)c(F)c3)C2)c1. The van der Waals surface area contributed by atoms with Crippen molar-refractivity contribution in [3.05, 3.63) is 53.3 Å². The number of methoxy groups -OCH3 is 3. The minimum absolute atomic E-state index is 0.0242. The van der Waals surface area contributed by atoms with Crippen molar-refractivity contribution in [3.8, 4) is 17.2 Å². The predicted octanol–water partition coefficient (Wildman–Crippen LogP) is 3.95. The molecular weight excluding hydrogens is 361 g/mol. The van der Waals surface area contributed by atoms with Gasteiger partial charge in [0.15, 0.2) is 17.3 Å². The van der Waals surface area contributed by atoms with Gasteiger partial charge in [0, 0.05) is 30.1 Å². The number of hydrogen-bond donors (Lipinski definition) is 0. The fourth-order valence-corrected chi connectivity index (χ4v) is 3.71. The van der Waals surface area contributed by atoms with Crippen LogP contribution in [0.4, 0.5) is 4.39 Å². The summed E-state index contributed by atoms with van der Waals surface area (Å²) in [4.78, 5) is 15.1. The van der Waals surface area contributed by atoms with Gasteiger partial charge in [0.25, 0.3) is 0 Å². The summed E-state index contributed by atoms with van der Waals surface area (Å²) in [6.45, 7) is 2.20. The van der Waals surface area contributed by atoms with Crippen LogP contribution < -0.4 is 14.2 Å².